The van der Waals surface area contributed by atoms with E-state index in [0.29, 0.717) is 5.69 Å². The highest BCUT2D eigenvalue weighted by Gasteiger charge is 2.09. The SMILES string of the molecule is COc1c(C=NNC(=S)Nc2ccc(C(=O)O)cc2)cccc1-c1ccc(C)cc1. The Balaban J connectivity index is 1.69. The van der Waals surface area contributed by atoms with Crippen LogP contribution in [0.5, 0.6) is 5.75 Å². The fourth-order valence-electron chi connectivity index (χ4n) is 2.86. The molecule has 3 aromatic carbocycles. The molecule has 0 atom stereocenters. The molecule has 0 saturated heterocycles. The second-order valence-corrected chi connectivity index (χ2v) is 6.91. The maximum absolute atomic E-state index is 10.9. The molecular formula is C23H21N3O3S. The lowest BCUT2D eigenvalue weighted by Gasteiger charge is -2.12. The average Bonchev–Trinajstić information content (AvgIpc) is 2.74. The molecule has 0 unspecified atom stereocenters. The molecular weight excluding hydrogens is 398 g/mol. The lowest BCUT2D eigenvalue weighted by Crippen LogP contribution is -2.23. The number of aromatic carboxylic acids is 1. The Labute approximate surface area is 180 Å². The third-order valence-corrected chi connectivity index (χ3v) is 4.56. The maximum atomic E-state index is 10.9. The second-order valence-electron chi connectivity index (χ2n) is 6.50. The number of methoxy groups -OCH3 is 1. The van der Waals surface area contributed by atoms with Crippen molar-refractivity contribution in [3.63, 3.8) is 0 Å². The van der Waals surface area contributed by atoms with Crippen molar-refractivity contribution in [3.05, 3.63) is 83.4 Å². The van der Waals surface area contributed by atoms with Crippen LogP contribution in [0, 0.1) is 6.92 Å². The summed E-state index contributed by atoms with van der Waals surface area (Å²) in [5.41, 5.74) is 7.64. The largest absolute Gasteiger partial charge is 0.495 e. The number of ether oxygens (including phenoxy) is 1. The quantitative estimate of drug-likeness (QED) is 0.305. The number of para-hydroxylation sites is 1. The highest BCUT2D eigenvalue weighted by Crippen LogP contribution is 2.32. The van der Waals surface area contributed by atoms with E-state index in [0.717, 1.165) is 22.4 Å². The van der Waals surface area contributed by atoms with Crippen LogP contribution in [0.25, 0.3) is 11.1 Å². The number of carbonyl (C=O) groups is 1. The van der Waals surface area contributed by atoms with Crippen LogP contribution in [0.1, 0.15) is 21.5 Å². The number of aryl methyl sites for hydroxylation is 1. The van der Waals surface area contributed by atoms with Crippen LogP contribution in [-0.4, -0.2) is 29.5 Å². The van der Waals surface area contributed by atoms with Gasteiger partial charge in [-0.25, -0.2) is 4.79 Å². The maximum Gasteiger partial charge on any atom is 0.335 e. The molecule has 0 aliphatic rings. The van der Waals surface area contributed by atoms with Crippen LogP contribution in [0.15, 0.2) is 71.8 Å². The predicted octanol–water partition coefficient (Wildman–Crippen LogP) is 4.69. The minimum Gasteiger partial charge on any atom is -0.495 e. The molecule has 0 aromatic heterocycles. The number of rotatable bonds is 6. The summed E-state index contributed by atoms with van der Waals surface area (Å²) < 4.78 is 5.63. The van der Waals surface area contributed by atoms with Crippen LogP contribution >= 0.6 is 12.2 Å². The van der Waals surface area contributed by atoms with E-state index >= 15 is 0 Å². The first-order valence-corrected chi connectivity index (χ1v) is 9.56. The molecule has 0 bridgehead atoms. The van der Waals surface area contributed by atoms with E-state index in [1.54, 1.807) is 25.5 Å². The lowest BCUT2D eigenvalue weighted by molar-refractivity contribution is 0.0697. The Kier molecular flexibility index (Phi) is 6.77. The van der Waals surface area contributed by atoms with Gasteiger partial charge in [-0.05, 0) is 55.0 Å². The van der Waals surface area contributed by atoms with Gasteiger partial charge < -0.3 is 15.2 Å². The summed E-state index contributed by atoms with van der Waals surface area (Å²) in [5.74, 6) is -0.260. The Morgan fingerprint density at radius 2 is 1.77 bits per heavy atom. The highest BCUT2D eigenvalue weighted by atomic mass is 32.1. The number of anilines is 1. The zero-order valence-electron chi connectivity index (χ0n) is 16.5. The van der Waals surface area contributed by atoms with Crippen LogP contribution in [-0.2, 0) is 0 Å². The van der Waals surface area contributed by atoms with Crippen LogP contribution in [0.3, 0.4) is 0 Å². The number of nitrogens with one attached hydrogen (secondary N) is 2. The first-order valence-electron chi connectivity index (χ1n) is 9.15. The predicted molar refractivity (Wildman–Crippen MR) is 124 cm³/mol. The molecule has 0 heterocycles. The van der Waals surface area contributed by atoms with Crippen molar-refractivity contribution in [1.82, 2.24) is 5.43 Å². The Bertz CT molecular complexity index is 1080. The first kappa shape index (κ1) is 21.0. The van der Waals surface area contributed by atoms with Gasteiger partial charge >= 0.3 is 5.97 Å². The molecule has 0 radical (unpaired) electrons. The van der Waals surface area contributed by atoms with Gasteiger partial charge in [-0.3, -0.25) is 5.43 Å². The highest BCUT2D eigenvalue weighted by molar-refractivity contribution is 7.80. The summed E-state index contributed by atoms with van der Waals surface area (Å²) >= 11 is 5.23. The van der Waals surface area contributed by atoms with Gasteiger partial charge in [0.2, 0.25) is 0 Å². The normalized spacial score (nSPS) is 10.6. The summed E-state index contributed by atoms with van der Waals surface area (Å²) in [5, 5.41) is 16.4. The van der Waals surface area contributed by atoms with Crippen molar-refractivity contribution in [1.29, 1.82) is 0 Å². The number of hydrogen-bond acceptors (Lipinski definition) is 4. The molecule has 152 valence electrons. The average molecular weight is 420 g/mol. The molecule has 7 heteroatoms. The van der Waals surface area contributed by atoms with Crippen LogP contribution < -0.4 is 15.5 Å². The summed E-state index contributed by atoms with van der Waals surface area (Å²) in [7, 11) is 1.63. The number of thiocarbonyl (C=S) groups is 1. The molecule has 0 saturated carbocycles. The van der Waals surface area contributed by atoms with Gasteiger partial charge in [-0.1, -0.05) is 42.0 Å². The number of benzene rings is 3. The molecule has 3 rings (SSSR count). The van der Waals surface area contributed by atoms with E-state index in [1.807, 2.05) is 25.1 Å². The van der Waals surface area contributed by atoms with E-state index in [4.69, 9.17) is 22.1 Å². The van der Waals surface area contributed by atoms with Crippen molar-refractivity contribution >= 4 is 35.2 Å². The van der Waals surface area contributed by atoms with E-state index in [-0.39, 0.29) is 10.7 Å². The number of carboxylic acids is 1. The first-order chi connectivity index (χ1) is 14.5. The van der Waals surface area contributed by atoms with Gasteiger partial charge in [-0.15, -0.1) is 0 Å². The third kappa shape index (κ3) is 5.21. The molecule has 30 heavy (non-hydrogen) atoms. The minimum absolute atomic E-state index is 0.206. The van der Waals surface area contributed by atoms with E-state index in [9.17, 15) is 4.79 Å². The monoisotopic (exact) mass is 419 g/mol. The molecule has 0 amide bonds. The zero-order chi connectivity index (χ0) is 21.5. The van der Waals surface area contributed by atoms with Crippen molar-refractivity contribution in [2.24, 2.45) is 5.10 Å². The summed E-state index contributed by atoms with van der Waals surface area (Å²) in [4.78, 5) is 10.9. The molecule has 0 aliphatic carbocycles. The minimum atomic E-state index is -0.978. The van der Waals surface area contributed by atoms with Gasteiger partial charge in [0.05, 0.1) is 18.9 Å². The Hall–Kier alpha value is -3.71. The summed E-state index contributed by atoms with van der Waals surface area (Å²) in [6, 6.07) is 20.3. The molecule has 3 N–H and O–H groups in total. The number of nitrogens with zero attached hydrogens (tertiary/aromatic N) is 1. The Morgan fingerprint density at radius 3 is 2.40 bits per heavy atom. The van der Waals surface area contributed by atoms with E-state index < -0.39 is 5.97 Å². The van der Waals surface area contributed by atoms with Gasteiger partial charge in [0.1, 0.15) is 5.75 Å². The van der Waals surface area contributed by atoms with Gasteiger partial charge in [-0.2, -0.15) is 5.10 Å². The Morgan fingerprint density at radius 1 is 1.07 bits per heavy atom. The van der Waals surface area contributed by atoms with E-state index in [2.05, 4.69) is 40.1 Å². The van der Waals surface area contributed by atoms with Crippen molar-refractivity contribution in [2.45, 2.75) is 6.92 Å². The molecule has 0 spiro atoms. The molecule has 6 nitrogen and oxygen atoms in total. The van der Waals surface area contributed by atoms with Gasteiger partial charge in [0.25, 0.3) is 0 Å². The van der Waals surface area contributed by atoms with Gasteiger partial charge in [0, 0.05) is 16.8 Å². The standard InChI is InChI=1S/C23H21N3O3S/c1-15-6-8-16(9-7-15)20-5-3-4-18(21(20)29-2)14-24-26-23(30)25-19-12-10-17(11-13-19)22(27)28/h3-14H,1-2H3,(H,27,28)(H2,25,26,30). The van der Waals surface area contributed by atoms with Crippen molar-refractivity contribution in [2.75, 3.05) is 12.4 Å². The fraction of sp³-hybridized carbons (Fsp3) is 0.0870. The molecule has 0 aliphatic heterocycles. The van der Waals surface area contributed by atoms with Crippen molar-refractivity contribution in [3.8, 4) is 16.9 Å². The van der Waals surface area contributed by atoms with Crippen LogP contribution in [0.2, 0.25) is 0 Å². The molecule has 3 aromatic rings. The third-order valence-electron chi connectivity index (χ3n) is 4.37. The summed E-state index contributed by atoms with van der Waals surface area (Å²) in [6.45, 7) is 2.05. The van der Waals surface area contributed by atoms with Gasteiger partial charge in [0.15, 0.2) is 5.11 Å². The number of hydrazone groups is 1. The van der Waals surface area contributed by atoms with E-state index in [1.165, 1.54) is 17.7 Å². The lowest BCUT2D eigenvalue weighted by atomic mass is 10.0. The fourth-order valence-corrected chi connectivity index (χ4v) is 3.03. The molecule has 0 fully saturated rings. The van der Waals surface area contributed by atoms with Crippen molar-refractivity contribution < 1.29 is 14.6 Å². The van der Waals surface area contributed by atoms with Crippen LogP contribution in [0.4, 0.5) is 5.69 Å². The number of carboxylic acid groups (broad SMARTS) is 1. The summed E-state index contributed by atoms with van der Waals surface area (Å²) in [6.07, 6.45) is 1.64. The topological polar surface area (TPSA) is 83.0 Å². The smallest absolute Gasteiger partial charge is 0.335 e. The second kappa shape index (κ2) is 9.67. The zero-order valence-corrected chi connectivity index (χ0v) is 17.4. The number of hydrogen-bond donors (Lipinski definition) is 3.